The van der Waals surface area contributed by atoms with Crippen molar-refractivity contribution in [3.05, 3.63) is 59.2 Å². The Bertz CT molecular complexity index is 889. The zero-order valence-corrected chi connectivity index (χ0v) is 16.8. The van der Waals surface area contributed by atoms with E-state index in [4.69, 9.17) is 4.74 Å². The van der Waals surface area contributed by atoms with Crippen LogP contribution in [0, 0.1) is 0 Å². The minimum Gasteiger partial charge on any atom is -0.378 e. The van der Waals surface area contributed by atoms with Crippen molar-refractivity contribution < 1.29 is 14.3 Å². The molecule has 0 atom stereocenters. The molecule has 2 aliphatic heterocycles. The van der Waals surface area contributed by atoms with Gasteiger partial charge in [-0.15, -0.1) is 0 Å². The monoisotopic (exact) mass is 393 g/mol. The van der Waals surface area contributed by atoms with Crippen molar-refractivity contribution in [2.75, 3.05) is 42.6 Å². The quantitative estimate of drug-likeness (QED) is 0.849. The van der Waals surface area contributed by atoms with Crippen LogP contribution in [0.1, 0.15) is 34.8 Å². The van der Waals surface area contributed by atoms with Crippen LogP contribution < -0.4 is 15.1 Å². The van der Waals surface area contributed by atoms with Gasteiger partial charge in [0, 0.05) is 49.5 Å². The molecule has 2 heterocycles. The summed E-state index contributed by atoms with van der Waals surface area (Å²) in [5, 5.41) is 3.03. The second kappa shape index (κ2) is 8.66. The molecule has 1 saturated heterocycles. The van der Waals surface area contributed by atoms with Gasteiger partial charge in [0.1, 0.15) is 0 Å². The van der Waals surface area contributed by atoms with Crippen LogP contribution in [0.5, 0.6) is 0 Å². The van der Waals surface area contributed by atoms with Gasteiger partial charge in [-0.1, -0.05) is 25.1 Å². The third-order valence-corrected chi connectivity index (χ3v) is 5.64. The van der Waals surface area contributed by atoms with Crippen LogP contribution >= 0.6 is 0 Å². The predicted molar refractivity (Wildman–Crippen MR) is 113 cm³/mol. The average molecular weight is 393 g/mol. The molecule has 0 radical (unpaired) electrons. The van der Waals surface area contributed by atoms with Gasteiger partial charge in [-0.25, -0.2) is 0 Å². The summed E-state index contributed by atoms with van der Waals surface area (Å²) in [5.74, 6) is 0.00608. The molecule has 0 saturated carbocycles. The lowest BCUT2D eigenvalue weighted by molar-refractivity contribution is -0.118. The van der Waals surface area contributed by atoms with Crippen LogP contribution in [-0.2, 0) is 22.5 Å². The Morgan fingerprint density at radius 1 is 1.03 bits per heavy atom. The SMILES string of the molecule is CCC(=O)N1CCc2c(C(=O)NCc3ccc(N4CCOCC4)cc3)cccc21. The maximum absolute atomic E-state index is 12.8. The first-order valence-electron chi connectivity index (χ1n) is 10.3. The van der Waals surface area contributed by atoms with E-state index < -0.39 is 0 Å². The van der Waals surface area contributed by atoms with Crippen LogP contribution in [0.15, 0.2) is 42.5 Å². The molecule has 1 fully saturated rings. The van der Waals surface area contributed by atoms with Gasteiger partial charge in [0.05, 0.1) is 13.2 Å². The number of hydrogen-bond acceptors (Lipinski definition) is 4. The van der Waals surface area contributed by atoms with Crippen LogP contribution in [0.2, 0.25) is 0 Å². The predicted octanol–water partition coefficient (Wildman–Crippen LogP) is 2.75. The highest BCUT2D eigenvalue weighted by Crippen LogP contribution is 2.31. The van der Waals surface area contributed by atoms with Crippen molar-refractivity contribution in [3.63, 3.8) is 0 Å². The molecule has 0 unspecified atom stereocenters. The Labute approximate surface area is 171 Å². The number of anilines is 2. The van der Waals surface area contributed by atoms with Gasteiger partial charge in [-0.3, -0.25) is 9.59 Å². The molecular formula is C23H27N3O3. The normalized spacial score (nSPS) is 15.9. The van der Waals surface area contributed by atoms with Crippen LogP contribution in [0.3, 0.4) is 0 Å². The summed E-state index contributed by atoms with van der Waals surface area (Å²) >= 11 is 0. The van der Waals surface area contributed by atoms with E-state index in [0.29, 0.717) is 25.1 Å². The van der Waals surface area contributed by atoms with E-state index in [1.165, 1.54) is 5.69 Å². The first kappa shape index (κ1) is 19.5. The van der Waals surface area contributed by atoms with Crippen LogP contribution in [0.4, 0.5) is 11.4 Å². The average Bonchev–Trinajstić information content (AvgIpc) is 3.22. The Morgan fingerprint density at radius 2 is 1.79 bits per heavy atom. The van der Waals surface area contributed by atoms with Crippen LogP contribution in [0.25, 0.3) is 0 Å². The second-order valence-electron chi connectivity index (χ2n) is 7.40. The van der Waals surface area contributed by atoms with Gasteiger partial charge in [0.15, 0.2) is 0 Å². The van der Waals surface area contributed by atoms with E-state index in [1.54, 1.807) is 4.90 Å². The molecule has 1 N–H and O–H groups in total. The highest BCUT2D eigenvalue weighted by Gasteiger charge is 2.27. The second-order valence-corrected chi connectivity index (χ2v) is 7.40. The molecule has 2 aromatic rings. The molecule has 2 amide bonds. The van der Waals surface area contributed by atoms with E-state index in [0.717, 1.165) is 49.5 Å². The number of rotatable bonds is 5. The summed E-state index contributed by atoms with van der Waals surface area (Å²) in [6, 6.07) is 13.9. The number of nitrogens with zero attached hydrogens (tertiary/aromatic N) is 2. The number of carbonyl (C=O) groups excluding carboxylic acids is 2. The number of carbonyl (C=O) groups is 2. The smallest absolute Gasteiger partial charge is 0.251 e. The summed E-state index contributed by atoms with van der Waals surface area (Å²) in [5.41, 5.74) is 4.75. The number of morpholine rings is 1. The van der Waals surface area contributed by atoms with Gasteiger partial charge in [-0.2, -0.15) is 0 Å². The first-order valence-corrected chi connectivity index (χ1v) is 10.3. The summed E-state index contributed by atoms with van der Waals surface area (Å²) in [6.07, 6.45) is 1.19. The molecule has 29 heavy (non-hydrogen) atoms. The van der Waals surface area contributed by atoms with Crippen molar-refractivity contribution in [2.45, 2.75) is 26.3 Å². The lowest BCUT2D eigenvalue weighted by Crippen LogP contribution is -2.36. The van der Waals surface area contributed by atoms with Crippen LogP contribution in [-0.4, -0.2) is 44.7 Å². The molecular weight excluding hydrogens is 366 g/mol. The standard InChI is InChI=1S/C23H27N3O3/c1-2-22(27)26-11-10-19-20(4-3-5-21(19)26)23(28)24-16-17-6-8-18(9-7-17)25-12-14-29-15-13-25/h3-9H,2,10-16H2,1H3,(H,24,28). The summed E-state index contributed by atoms with van der Waals surface area (Å²) < 4.78 is 5.40. The Morgan fingerprint density at radius 3 is 2.52 bits per heavy atom. The number of ether oxygens (including phenoxy) is 1. The number of hydrogen-bond donors (Lipinski definition) is 1. The molecule has 2 aliphatic rings. The number of benzene rings is 2. The minimum absolute atomic E-state index is 0.0927. The van der Waals surface area contributed by atoms with E-state index >= 15 is 0 Å². The third-order valence-electron chi connectivity index (χ3n) is 5.64. The summed E-state index contributed by atoms with van der Waals surface area (Å²) in [4.78, 5) is 29.0. The van der Waals surface area contributed by atoms with Gasteiger partial charge >= 0.3 is 0 Å². The molecule has 6 heteroatoms. The maximum Gasteiger partial charge on any atom is 0.251 e. The summed E-state index contributed by atoms with van der Waals surface area (Å²) in [6.45, 7) is 6.33. The van der Waals surface area contributed by atoms with E-state index in [1.807, 2.05) is 25.1 Å². The topological polar surface area (TPSA) is 61.9 Å². The van der Waals surface area contributed by atoms with Gasteiger partial charge in [0.25, 0.3) is 5.91 Å². The molecule has 0 bridgehead atoms. The number of nitrogens with one attached hydrogen (secondary N) is 1. The lowest BCUT2D eigenvalue weighted by Gasteiger charge is -2.28. The van der Waals surface area contributed by atoms with Crippen molar-refractivity contribution in [1.82, 2.24) is 5.32 Å². The van der Waals surface area contributed by atoms with Crippen molar-refractivity contribution in [1.29, 1.82) is 0 Å². The Kier molecular flexibility index (Phi) is 5.81. The third kappa shape index (κ3) is 4.12. The molecule has 2 aromatic carbocycles. The van der Waals surface area contributed by atoms with Gasteiger partial charge in [-0.05, 0) is 41.8 Å². The minimum atomic E-state index is -0.0927. The zero-order valence-electron chi connectivity index (χ0n) is 16.8. The maximum atomic E-state index is 12.8. The molecule has 152 valence electrons. The number of fused-ring (bicyclic) bond motifs is 1. The molecule has 6 nitrogen and oxygen atoms in total. The molecule has 0 aromatic heterocycles. The first-order chi connectivity index (χ1) is 14.2. The van der Waals surface area contributed by atoms with Gasteiger partial charge < -0.3 is 19.9 Å². The fourth-order valence-electron chi connectivity index (χ4n) is 4.02. The van der Waals surface area contributed by atoms with E-state index in [9.17, 15) is 9.59 Å². The van der Waals surface area contributed by atoms with Gasteiger partial charge in [0.2, 0.25) is 5.91 Å². The summed E-state index contributed by atoms with van der Waals surface area (Å²) in [7, 11) is 0. The Hall–Kier alpha value is -2.86. The fourth-order valence-corrected chi connectivity index (χ4v) is 4.02. The fraction of sp³-hybridized carbons (Fsp3) is 0.391. The molecule has 0 spiro atoms. The number of amides is 2. The molecule has 4 rings (SSSR count). The van der Waals surface area contributed by atoms with Crippen molar-refractivity contribution in [3.8, 4) is 0 Å². The van der Waals surface area contributed by atoms with Crippen molar-refractivity contribution in [2.24, 2.45) is 0 Å². The Balaban J connectivity index is 1.40. The molecule has 0 aliphatic carbocycles. The highest BCUT2D eigenvalue weighted by molar-refractivity contribution is 6.01. The zero-order chi connectivity index (χ0) is 20.2. The van der Waals surface area contributed by atoms with E-state index in [-0.39, 0.29) is 11.8 Å². The lowest BCUT2D eigenvalue weighted by atomic mass is 10.0. The highest BCUT2D eigenvalue weighted by atomic mass is 16.5. The largest absolute Gasteiger partial charge is 0.378 e. The van der Waals surface area contributed by atoms with E-state index in [2.05, 4.69) is 34.5 Å². The van der Waals surface area contributed by atoms with Crippen molar-refractivity contribution >= 4 is 23.2 Å².